The summed E-state index contributed by atoms with van der Waals surface area (Å²) in [7, 11) is 0. The summed E-state index contributed by atoms with van der Waals surface area (Å²) in [5.41, 5.74) is 1.63. The lowest BCUT2D eigenvalue weighted by Crippen LogP contribution is -2.50. The van der Waals surface area contributed by atoms with Crippen LogP contribution in [-0.4, -0.2) is 67.6 Å². The van der Waals surface area contributed by atoms with Gasteiger partial charge < -0.3 is 19.7 Å². The number of hydrogen-bond acceptors (Lipinski definition) is 5. The van der Waals surface area contributed by atoms with Crippen molar-refractivity contribution >= 4 is 23.4 Å². The normalized spacial score (nSPS) is 14.2. The Bertz CT molecular complexity index is 912. The zero-order chi connectivity index (χ0) is 22.9. The summed E-state index contributed by atoms with van der Waals surface area (Å²) < 4.78 is 11.1. The second-order valence-electron chi connectivity index (χ2n) is 7.49. The van der Waals surface area contributed by atoms with Crippen LogP contribution in [0, 0.1) is 0 Å². The van der Waals surface area contributed by atoms with Crippen LogP contribution in [0.1, 0.15) is 29.8 Å². The average Bonchev–Trinajstić information content (AvgIpc) is 2.80. The largest absolute Gasteiger partial charge is 0.490 e. The highest BCUT2D eigenvalue weighted by molar-refractivity contribution is 6.30. The molecule has 0 atom stereocenters. The molecule has 172 valence electrons. The van der Waals surface area contributed by atoms with E-state index < -0.39 is 0 Å². The van der Waals surface area contributed by atoms with Crippen LogP contribution in [-0.2, 0) is 11.3 Å². The maximum absolute atomic E-state index is 12.6. The summed E-state index contributed by atoms with van der Waals surface area (Å²) in [5, 5.41) is 3.45. The Morgan fingerprint density at radius 2 is 1.59 bits per heavy atom. The van der Waals surface area contributed by atoms with Gasteiger partial charge in [-0.2, -0.15) is 0 Å². The maximum atomic E-state index is 12.6. The van der Waals surface area contributed by atoms with Crippen molar-refractivity contribution in [3.63, 3.8) is 0 Å². The Morgan fingerprint density at radius 1 is 0.938 bits per heavy atom. The molecule has 7 nitrogen and oxygen atoms in total. The molecule has 2 aromatic carbocycles. The van der Waals surface area contributed by atoms with E-state index in [1.165, 1.54) is 5.56 Å². The third-order valence-corrected chi connectivity index (χ3v) is 5.50. The Kier molecular flexibility index (Phi) is 8.76. The molecule has 3 rings (SSSR count). The first-order valence-electron chi connectivity index (χ1n) is 10.9. The van der Waals surface area contributed by atoms with E-state index >= 15 is 0 Å². The molecule has 1 aliphatic rings. The van der Waals surface area contributed by atoms with Gasteiger partial charge in [0.05, 0.1) is 19.8 Å². The summed E-state index contributed by atoms with van der Waals surface area (Å²) in [6.45, 7) is 8.39. The number of carbonyl (C=O) groups is 2. The average molecular weight is 460 g/mol. The van der Waals surface area contributed by atoms with Crippen LogP contribution in [0.2, 0.25) is 5.02 Å². The number of halogens is 1. The molecule has 1 heterocycles. The summed E-state index contributed by atoms with van der Waals surface area (Å²) in [4.78, 5) is 29.2. The van der Waals surface area contributed by atoms with E-state index in [1.807, 2.05) is 38.1 Å². The molecular formula is C24H30ClN3O4. The van der Waals surface area contributed by atoms with Gasteiger partial charge in [0.25, 0.3) is 5.91 Å². The number of piperazine rings is 1. The van der Waals surface area contributed by atoms with Crippen LogP contribution in [0.25, 0.3) is 0 Å². The van der Waals surface area contributed by atoms with Gasteiger partial charge in [0.15, 0.2) is 11.5 Å². The van der Waals surface area contributed by atoms with Crippen molar-refractivity contribution in [3.05, 3.63) is 58.6 Å². The number of rotatable bonds is 9. The fourth-order valence-corrected chi connectivity index (χ4v) is 3.69. The number of benzene rings is 2. The van der Waals surface area contributed by atoms with E-state index in [-0.39, 0.29) is 18.4 Å². The zero-order valence-corrected chi connectivity index (χ0v) is 19.4. The molecule has 0 aromatic heterocycles. The van der Waals surface area contributed by atoms with E-state index in [2.05, 4.69) is 10.2 Å². The van der Waals surface area contributed by atoms with E-state index in [0.29, 0.717) is 43.4 Å². The van der Waals surface area contributed by atoms with Gasteiger partial charge in [-0.25, -0.2) is 0 Å². The number of nitrogens with zero attached hydrogens (tertiary/aromatic N) is 2. The van der Waals surface area contributed by atoms with Crippen molar-refractivity contribution in [3.8, 4) is 11.5 Å². The van der Waals surface area contributed by atoms with Crippen LogP contribution < -0.4 is 14.8 Å². The molecule has 1 N–H and O–H groups in total. The van der Waals surface area contributed by atoms with Crippen molar-refractivity contribution in [1.29, 1.82) is 0 Å². The lowest BCUT2D eigenvalue weighted by atomic mass is 10.2. The second kappa shape index (κ2) is 11.7. The molecule has 1 saturated heterocycles. The highest BCUT2D eigenvalue weighted by Crippen LogP contribution is 2.28. The molecule has 8 heteroatoms. The molecule has 0 saturated carbocycles. The predicted molar refractivity (Wildman–Crippen MR) is 124 cm³/mol. The van der Waals surface area contributed by atoms with Gasteiger partial charge in [-0.1, -0.05) is 23.7 Å². The molecule has 2 amide bonds. The number of carbonyl (C=O) groups excluding carboxylic acids is 2. The minimum atomic E-state index is -0.316. The fourth-order valence-electron chi connectivity index (χ4n) is 3.57. The Hall–Kier alpha value is -2.77. The minimum Gasteiger partial charge on any atom is -0.490 e. The van der Waals surface area contributed by atoms with Crippen LogP contribution in [0.5, 0.6) is 11.5 Å². The second-order valence-corrected chi connectivity index (χ2v) is 7.93. The van der Waals surface area contributed by atoms with Crippen LogP contribution in [0.3, 0.4) is 0 Å². The van der Waals surface area contributed by atoms with E-state index in [1.54, 1.807) is 23.1 Å². The van der Waals surface area contributed by atoms with Gasteiger partial charge in [0.2, 0.25) is 5.91 Å². The highest BCUT2D eigenvalue weighted by atomic mass is 35.5. The van der Waals surface area contributed by atoms with Crippen LogP contribution >= 0.6 is 11.6 Å². The van der Waals surface area contributed by atoms with Crippen molar-refractivity contribution in [2.45, 2.75) is 20.4 Å². The molecule has 32 heavy (non-hydrogen) atoms. The lowest BCUT2D eigenvalue weighted by molar-refractivity contribution is -0.131. The smallest absolute Gasteiger partial charge is 0.251 e. The van der Waals surface area contributed by atoms with E-state index in [0.717, 1.165) is 24.7 Å². The van der Waals surface area contributed by atoms with Crippen LogP contribution in [0.4, 0.5) is 0 Å². The molecule has 0 spiro atoms. The van der Waals surface area contributed by atoms with Gasteiger partial charge in [-0.05, 0) is 49.7 Å². The third-order valence-electron chi connectivity index (χ3n) is 5.25. The maximum Gasteiger partial charge on any atom is 0.251 e. The molecular weight excluding hydrogens is 430 g/mol. The first kappa shape index (κ1) is 23.9. The molecule has 0 unspecified atom stereocenters. The first-order chi connectivity index (χ1) is 15.5. The van der Waals surface area contributed by atoms with Crippen molar-refractivity contribution in [2.24, 2.45) is 0 Å². The van der Waals surface area contributed by atoms with Gasteiger partial charge in [0.1, 0.15) is 0 Å². The lowest BCUT2D eigenvalue weighted by Gasteiger charge is -2.34. The summed E-state index contributed by atoms with van der Waals surface area (Å²) >= 11 is 5.94. The Morgan fingerprint density at radius 3 is 2.25 bits per heavy atom. The molecule has 1 aliphatic heterocycles. The standard InChI is InChI=1S/C24H30ClN3O4/c1-3-31-21-10-7-19(15-22(21)32-4-2)24(30)26-16-23(29)28-13-11-27(12-14-28)17-18-5-8-20(25)9-6-18/h5-10,15H,3-4,11-14,16-17H2,1-2H3,(H,26,30). The molecule has 0 aliphatic carbocycles. The molecule has 0 bridgehead atoms. The SMILES string of the molecule is CCOc1ccc(C(=O)NCC(=O)N2CCN(Cc3ccc(Cl)cc3)CC2)cc1OCC. The van der Waals surface area contributed by atoms with Gasteiger partial charge in [-0.15, -0.1) is 0 Å². The zero-order valence-electron chi connectivity index (χ0n) is 18.6. The molecule has 2 aromatic rings. The third kappa shape index (κ3) is 6.61. The molecule has 0 radical (unpaired) electrons. The summed E-state index contributed by atoms with van der Waals surface area (Å²) in [5.74, 6) is 0.716. The number of amides is 2. The highest BCUT2D eigenvalue weighted by Gasteiger charge is 2.22. The van der Waals surface area contributed by atoms with Gasteiger partial charge >= 0.3 is 0 Å². The van der Waals surface area contributed by atoms with Crippen molar-refractivity contribution in [1.82, 2.24) is 15.1 Å². The fraction of sp³-hybridized carbons (Fsp3) is 0.417. The van der Waals surface area contributed by atoms with Gasteiger partial charge in [-0.3, -0.25) is 14.5 Å². The van der Waals surface area contributed by atoms with Crippen molar-refractivity contribution in [2.75, 3.05) is 45.9 Å². The first-order valence-corrected chi connectivity index (χ1v) is 11.3. The number of ether oxygens (including phenoxy) is 2. The van der Waals surface area contributed by atoms with E-state index in [9.17, 15) is 9.59 Å². The molecule has 1 fully saturated rings. The topological polar surface area (TPSA) is 71.1 Å². The van der Waals surface area contributed by atoms with Crippen molar-refractivity contribution < 1.29 is 19.1 Å². The minimum absolute atomic E-state index is 0.0345. The summed E-state index contributed by atoms with van der Waals surface area (Å²) in [6.07, 6.45) is 0. The number of nitrogens with one attached hydrogen (secondary N) is 1. The predicted octanol–water partition coefficient (Wildman–Crippen LogP) is 3.21. The number of hydrogen-bond donors (Lipinski definition) is 1. The van der Waals surface area contributed by atoms with Crippen LogP contribution in [0.15, 0.2) is 42.5 Å². The van der Waals surface area contributed by atoms with E-state index in [4.69, 9.17) is 21.1 Å². The van der Waals surface area contributed by atoms with Gasteiger partial charge in [0, 0.05) is 43.3 Å². The monoisotopic (exact) mass is 459 g/mol. The Labute approximate surface area is 194 Å². The summed E-state index contributed by atoms with van der Waals surface area (Å²) in [6, 6.07) is 12.8. The quantitative estimate of drug-likeness (QED) is 0.623. The Balaban J connectivity index is 1.47.